The topological polar surface area (TPSA) is 92.8 Å². The highest BCUT2D eigenvalue weighted by atomic mass is 32.2. The molecule has 0 radical (unpaired) electrons. The molecule has 0 unspecified atom stereocenters. The second-order valence-electron chi connectivity index (χ2n) is 6.17. The van der Waals surface area contributed by atoms with Crippen LogP contribution in [0.1, 0.15) is 24.2 Å². The van der Waals surface area contributed by atoms with Crippen LogP contribution in [-0.2, 0) is 19.6 Å². The van der Waals surface area contributed by atoms with Crippen molar-refractivity contribution in [3.05, 3.63) is 60.2 Å². The minimum Gasteiger partial charge on any atom is -0.452 e. The molecular formula is C19H22N2O5S. The fourth-order valence-electron chi connectivity index (χ4n) is 2.27. The Morgan fingerprint density at radius 1 is 1.07 bits per heavy atom. The average molecular weight is 390 g/mol. The SMILES string of the molecule is CC(C)NS(=O)(=O)c1cccc(C(=O)OCC(=O)N(C)c2ccccc2)c1. The molecule has 2 aromatic carbocycles. The van der Waals surface area contributed by atoms with Crippen molar-refractivity contribution >= 4 is 27.6 Å². The first-order valence-electron chi connectivity index (χ1n) is 8.32. The van der Waals surface area contributed by atoms with Crippen LogP contribution in [0.15, 0.2) is 59.5 Å². The lowest BCUT2D eigenvalue weighted by atomic mass is 10.2. The van der Waals surface area contributed by atoms with Gasteiger partial charge in [0.05, 0.1) is 10.5 Å². The smallest absolute Gasteiger partial charge is 0.338 e. The van der Waals surface area contributed by atoms with Gasteiger partial charge in [-0.3, -0.25) is 4.79 Å². The van der Waals surface area contributed by atoms with Gasteiger partial charge in [-0.1, -0.05) is 24.3 Å². The van der Waals surface area contributed by atoms with Crippen LogP contribution in [0.25, 0.3) is 0 Å². The number of nitrogens with zero attached hydrogens (tertiary/aromatic N) is 1. The maximum absolute atomic E-state index is 12.2. The number of amides is 1. The summed E-state index contributed by atoms with van der Waals surface area (Å²) in [5.41, 5.74) is 0.725. The molecular weight excluding hydrogens is 368 g/mol. The molecule has 0 atom stereocenters. The van der Waals surface area contributed by atoms with E-state index in [-0.39, 0.29) is 16.5 Å². The number of sulfonamides is 1. The Morgan fingerprint density at radius 2 is 1.74 bits per heavy atom. The molecule has 2 rings (SSSR count). The van der Waals surface area contributed by atoms with Gasteiger partial charge in [-0.15, -0.1) is 0 Å². The van der Waals surface area contributed by atoms with Crippen molar-refractivity contribution < 1.29 is 22.7 Å². The number of esters is 1. The fourth-order valence-corrected chi connectivity index (χ4v) is 3.57. The molecule has 0 aliphatic rings. The number of rotatable bonds is 7. The highest BCUT2D eigenvalue weighted by Gasteiger charge is 2.19. The van der Waals surface area contributed by atoms with E-state index in [1.165, 1.54) is 29.2 Å². The molecule has 0 saturated heterocycles. The number of para-hydroxylation sites is 1. The quantitative estimate of drug-likeness (QED) is 0.732. The zero-order valence-corrected chi connectivity index (χ0v) is 16.2. The summed E-state index contributed by atoms with van der Waals surface area (Å²) in [5, 5.41) is 0. The van der Waals surface area contributed by atoms with E-state index in [2.05, 4.69) is 4.72 Å². The number of benzene rings is 2. The number of anilines is 1. The van der Waals surface area contributed by atoms with Gasteiger partial charge in [0.25, 0.3) is 5.91 Å². The lowest BCUT2D eigenvalue weighted by molar-refractivity contribution is -0.121. The van der Waals surface area contributed by atoms with Crippen molar-refractivity contribution in [1.82, 2.24) is 4.72 Å². The van der Waals surface area contributed by atoms with Crippen molar-refractivity contribution in [2.45, 2.75) is 24.8 Å². The van der Waals surface area contributed by atoms with Crippen LogP contribution in [0.4, 0.5) is 5.69 Å². The lowest BCUT2D eigenvalue weighted by Crippen LogP contribution is -2.31. The third kappa shape index (κ3) is 5.63. The molecule has 144 valence electrons. The Balaban J connectivity index is 2.04. The second kappa shape index (κ2) is 8.79. The maximum Gasteiger partial charge on any atom is 0.338 e. The summed E-state index contributed by atoms with van der Waals surface area (Å²) in [4.78, 5) is 25.7. The number of hydrogen-bond acceptors (Lipinski definition) is 5. The molecule has 8 heteroatoms. The summed E-state index contributed by atoms with van der Waals surface area (Å²) < 4.78 is 31.9. The highest BCUT2D eigenvalue weighted by Crippen LogP contribution is 2.14. The third-order valence-electron chi connectivity index (χ3n) is 3.62. The number of nitrogens with one attached hydrogen (secondary N) is 1. The van der Waals surface area contributed by atoms with Crippen LogP contribution in [0.2, 0.25) is 0 Å². The average Bonchev–Trinajstić information content (AvgIpc) is 2.65. The molecule has 7 nitrogen and oxygen atoms in total. The first-order valence-corrected chi connectivity index (χ1v) is 9.80. The molecule has 27 heavy (non-hydrogen) atoms. The summed E-state index contributed by atoms with van der Waals surface area (Å²) in [6.45, 7) is 2.94. The molecule has 0 bridgehead atoms. The largest absolute Gasteiger partial charge is 0.452 e. The van der Waals surface area contributed by atoms with Crippen molar-refractivity contribution in [3.8, 4) is 0 Å². The van der Waals surface area contributed by atoms with Gasteiger partial charge in [0.1, 0.15) is 0 Å². The van der Waals surface area contributed by atoms with Gasteiger partial charge in [0.2, 0.25) is 10.0 Å². The zero-order valence-electron chi connectivity index (χ0n) is 15.4. The number of ether oxygens (including phenoxy) is 1. The Bertz CT molecular complexity index is 911. The molecule has 0 saturated carbocycles. The molecule has 0 aromatic heterocycles. The minimum absolute atomic E-state index is 0.0432. The van der Waals surface area contributed by atoms with Crippen molar-refractivity contribution in [1.29, 1.82) is 0 Å². The first-order chi connectivity index (χ1) is 12.7. The van der Waals surface area contributed by atoms with Gasteiger partial charge < -0.3 is 9.64 Å². The Hall–Kier alpha value is -2.71. The van der Waals surface area contributed by atoms with Crippen molar-refractivity contribution in [3.63, 3.8) is 0 Å². The monoisotopic (exact) mass is 390 g/mol. The van der Waals surface area contributed by atoms with Gasteiger partial charge in [-0.25, -0.2) is 17.9 Å². The standard InChI is InChI=1S/C19H22N2O5S/c1-14(2)20-27(24,25)17-11-7-8-15(12-17)19(23)26-13-18(22)21(3)16-9-5-4-6-10-16/h4-12,14,20H,13H2,1-3H3. The Kier molecular flexibility index (Phi) is 6.70. The van der Waals surface area contributed by atoms with Gasteiger partial charge in [-0.05, 0) is 44.2 Å². The van der Waals surface area contributed by atoms with Gasteiger partial charge in [0, 0.05) is 18.8 Å². The van der Waals surface area contributed by atoms with E-state index in [1.54, 1.807) is 45.2 Å². The fraction of sp³-hybridized carbons (Fsp3) is 0.263. The maximum atomic E-state index is 12.2. The predicted octanol–water partition coefficient (Wildman–Crippen LogP) is 2.19. The Labute approximate surface area is 159 Å². The molecule has 0 spiro atoms. The molecule has 0 aliphatic carbocycles. The molecule has 0 aliphatic heterocycles. The van der Waals surface area contributed by atoms with E-state index in [0.29, 0.717) is 5.69 Å². The minimum atomic E-state index is -3.73. The van der Waals surface area contributed by atoms with E-state index in [1.807, 2.05) is 6.07 Å². The van der Waals surface area contributed by atoms with E-state index in [4.69, 9.17) is 4.74 Å². The molecule has 2 aromatic rings. The second-order valence-corrected chi connectivity index (χ2v) is 7.88. The van der Waals surface area contributed by atoms with Crippen LogP contribution in [-0.4, -0.2) is 40.0 Å². The van der Waals surface area contributed by atoms with E-state index >= 15 is 0 Å². The van der Waals surface area contributed by atoms with Crippen LogP contribution in [0.5, 0.6) is 0 Å². The molecule has 1 N–H and O–H groups in total. The van der Waals surface area contributed by atoms with Crippen molar-refractivity contribution in [2.24, 2.45) is 0 Å². The van der Waals surface area contributed by atoms with E-state index < -0.39 is 28.5 Å². The summed E-state index contributed by atoms with van der Waals surface area (Å²) in [5.74, 6) is -1.17. The third-order valence-corrected chi connectivity index (χ3v) is 5.27. The lowest BCUT2D eigenvalue weighted by Gasteiger charge is -2.17. The van der Waals surface area contributed by atoms with Crippen molar-refractivity contribution in [2.75, 3.05) is 18.6 Å². The van der Waals surface area contributed by atoms with Crippen LogP contribution >= 0.6 is 0 Å². The number of hydrogen-bond donors (Lipinski definition) is 1. The van der Waals surface area contributed by atoms with Crippen LogP contribution in [0.3, 0.4) is 0 Å². The first kappa shape index (κ1) is 20.6. The Morgan fingerprint density at radius 3 is 2.37 bits per heavy atom. The zero-order chi connectivity index (χ0) is 20.0. The van der Waals surface area contributed by atoms with Gasteiger partial charge >= 0.3 is 5.97 Å². The highest BCUT2D eigenvalue weighted by molar-refractivity contribution is 7.89. The predicted molar refractivity (Wildman–Crippen MR) is 102 cm³/mol. The van der Waals surface area contributed by atoms with E-state index in [0.717, 1.165) is 0 Å². The van der Waals surface area contributed by atoms with Crippen LogP contribution in [0, 0.1) is 0 Å². The number of carbonyl (C=O) groups excluding carboxylic acids is 2. The van der Waals surface area contributed by atoms with Gasteiger partial charge in [-0.2, -0.15) is 0 Å². The summed E-state index contributed by atoms with van der Waals surface area (Å²) in [6.07, 6.45) is 0. The number of likely N-dealkylation sites (N-methyl/N-ethyl adjacent to an activating group) is 1. The summed E-state index contributed by atoms with van der Waals surface area (Å²) >= 11 is 0. The summed E-state index contributed by atoms with van der Waals surface area (Å²) in [6, 6.07) is 14.1. The molecule has 0 fully saturated rings. The summed E-state index contributed by atoms with van der Waals surface area (Å²) in [7, 11) is -2.15. The number of carbonyl (C=O) groups is 2. The van der Waals surface area contributed by atoms with Crippen LogP contribution < -0.4 is 9.62 Å². The molecule has 1 amide bonds. The molecule has 0 heterocycles. The van der Waals surface area contributed by atoms with Gasteiger partial charge in [0.15, 0.2) is 6.61 Å². The van der Waals surface area contributed by atoms with E-state index in [9.17, 15) is 18.0 Å². The normalized spacial score (nSPS) is 11.3.